The molecule has 0 saturated heterocycles. The predicted octanol–water partition coefficient (Wildman–Crippen LogP) is 3.46. The zero-order chi connectivity index (χ0) is 22.8. The molecule has 0 amide bonds. The summed E-state index contributed by atoms with van der Waals surface area (Å²) in [6.45, 7) is 3.73. The van der Waals surface area contributed by atoms with Crippen LogP contribution in [0.5, 0.6) is 5.75 Å². The summed E-state index contributed by atoms with van der Waals surface area (Å²) in [5.74, 6) is 0.249. The predicted molar refractivity (Wildman–Crippen MR) is 125 cm³/mol. The maximum absolute atomic E-state index is 13.5. The Balaban J connectivity index is 1.92. The third-order valence-corrected chi connectivity index (χ3v) is 6.35. The molecule has 2 aromatic carbocycles. The van der Waals surface area contributed by atoms with Crippen molar-refractivity contribution in [3.63, 3.8) is 0 Å². The maximum atomic E-state index is 13.5. The Bertz CT molecular complexity index is 1370. The molecule has 1 aliphatic rings. The average Bonchev–Trinajstić information content (AvgIpc) is 3.08. The van der Waals surface area contributed by atoms with Gasteiger partial charge in [0.25, 0.3) is 5.56 Å². The van der Waals surface area contributed by atoms with Gasteiger partial charge in [-0.15, -0.1) is 0 Å². The first-order valence-corrected chi connectivity index (χ1v) is 11.2. The second-order valence-electron chi connectivity index (χ2n) is 7.13. The van der Waals surface area contributed by atoms with E-state index in [0.29, 0.717) is 25.6 Å². The van der Waals surface area contributed by atoms with Crippen LogP contribution < -0.4 is 19.6 Å². The minimum atomic E-state index is -0.652. The van der Waals surface area contributed by atoms with Gasteiger partial charge in [-0.05, 0) is 55.3 Å². The molecule has 1 aromatic heterocycles. The molecule has 1 aliphatic heterocycles. The van der Waals surface area contributed by atoms with Gasteiger partial charge in [0.05, 0.1) is 35.6 Å². The minimum absolute atomic E-state index is 0.223. The van der Waals surface area contributed by atoms with Gasteiger partial charge in [-0.25, -0.2) is 9.79 Å². The number of benzene rings is 2. The molecule has 0 N–H and O–H groups in total. The first-order chi connectivity index (χ1) is 15.4. The summed E-state index contributed by atoms with van der Waals surface area (Å²) in [4.78, 5) is 31.4. The van der Waals surface area contributed by atoms with Crippen molar-refractivity contribution < 1.29 is 14.3 Å². The van der Waals surface area contributed by atoms with Crippen molar-refractivity contribution in [2.24, 2.45) is 4.99 Å². The Labute approximate surface area is 193 Å². The molecule has 1 unspecified atom stereocenters. The number of carbonyl (C=O) groups is 1. The molecule has 3 aromatic rings. The van der Waals surface area contributed by atoms with E-state index < -0.39 is 12.0 Å². The summed E-state index contributed by atoms with van der Waals surface area (Å²) in [5.41, 5.74) is 2.27. The van der Waals surface area contributed by atoms with E-state index in [-0.39, 0.29) is 12.2 Å². The number of hydrogen-bond donors (Lipinski definition) is 0. The first-order valence-electron chi connectivity index (χ1n) is 10.0. The summed E-state index contributed by atoms with van der Waals surface area (Å²) < 4.78 is 12.6. The van der Waals surface area contributed by atoms with Gasteiger partial charge in [-0.3, -0.25) is 9.36 Å². The molecule has 0 aliphatic carbocycles. The average molecular weight is 469 g/mol. The lowest BCUT2D eigenvalue weighted by atomic mass is 9.96. The fraction of sp³-hybridized carbons (Fsp3) is 0.208. The normalized spacial score (nSPS) is 15.9. The van der Waals surface area contributed by atoms with Crippen LogP contribution in [0.15, 0.2) is 69.6 Å². The van der Waals surface area contributed by atoms with Crippen molar-refractivity contribution in [2.75, 3.05) is 13.7 Å². The number of nitrogens with zero attached hydrogens (tertiary/aromatic N) is 2. The van der Waals surface area contributed by atoms with E-state index in [4.69, 9.17) is 21.1 Å². The number of halogens is 1. The number of aromatic nitrogens is 1. The molecule has 164 valence electrons. The van der Waals surface area contributed by atoms with Crippen LogP contribution in [0.2, 0.25) is 5.02 Å². The van der Waals surface area contributed by atoms with Gasteiger partial charge >= 0.3 is 5.97 Å². The van der Waals surface area contributed by atoms with E-state index in [1.165, 1.54) is 11.3 Å². The monoisotopic (exact) mass is 468 g/mol. The highest BCUT2D eigenvalue weighted by atomic mass is 35.5. The Morgan fingerprint density at radius 3 is 2.50 bits per heavy atom. The quantitative estimate of drug-likeness (QED) is 0.538. The topological polar surface area (TPSA) is 69.9 Å². The van der Waals surface area contributed by atoms with Gasteiger partial charge < -0.3 is 9.47 Å². The summed E-state index contributed by atoms with van der Waals surface area (Å²) in [7, 11) is 1.60. The summed E-state index contributed by atoms with van der Waals surface area (Å²) in [6, 6.07) is 13.9. The standard InChI is InChI=1S/C24H21ClN2O4S/c1-4-31-23(29)20-14(2)26-24-27(21(20)16-7-9-17(25)10-8-16)22(28)19(32-24)13-15-5-11-18(30-3)12-6-15/h5-13,21H,4H2,1-3H3/b19-13+. The summed E-state index contributed by atoms with van der Waals surface area (Å²) in [5, 5.41) is 0.569. The van der Waals surface area contributed by atoms with Crippen LogP contribution in [0.1, 0.15) is 31.0 Å². The zero-order valence-electron chi connectivity index (χ0n) is 17.8. The van der Waals surface area contributed by atoms with E-state index in [2.05, 4.69) is 4.99 Å². The Morgan fingerprint density at radius 1 is 1.19 bits per heavy atom. The highest BCUT2D eigenvalue weighted by molar-refractivity contribution is 7.07. The lowest BCUT2D eigenvalue weighted by Crippen LogP contribution is -2.39. The van der Waals surface area contributed by atoms with Crippen LogP contribution in [-0.2, 0) is 9.53 Å². The third kappa shape index (κ3) is 4.13. The molecule has 0 spiro atoms. The molecule has 8 heteroatoms. The van der Waals surface area contributed by atoms with Crippen LogP contribution in [0, 0.1) is 0 Å². The second-order valence-corrected chi connectivity index (χ2v) is 8.57. The molecule has 2 heterocycles. The van der Waals surface area contributed by atoms with E-state index in [1.807, 2.05) is 42.5 Å². The smallest absolute Gasteiger partial charge is 0.338 e. The van der Waals surface area contributed by atoms with E-state index in [0.717, 1.165) is 16.9 Å². The van der Waals surface area contributed by atoms with E-state index >= 15 is 0 Å². The molecular weight excluding hydrogens is 448 g/mol. The zero-order valence-corrected chi connectivity index (χ0v) is 19.4. The molecule has 6 nitrogen and oxygen atoms in total. The Morgan fingerprint density at radius 2 is 1.88 bits per heavy atom. The van der Waals surface area contributed by atoms with E-state index in [9.17, 15) is 9.59 Å². The Hall–Kier alpha value is -3.16. The molecule has 32 heavy (non-hydrogen) atoms. The third-order valence-electron chi connectivity index (χ3n) is 5.12. The van der Waals surface area contributed by atoms with Gasteiger partial charge in [-0.2, -0.15) is 0 Å². The largest absolute Gasteiger partial charge is 0.497 e. The van der Waals surface area contributed by atoms with Crippen LogP contribution in [-0.4, -0.2) is 24.3 Å². The number of hydrogen-bond acceptors (Lipinski definition) is 6. The highest BCUT2D eigenvalue weighted by Crippen LogP contribution is 2.31. The summed E-state index contributed by atoms with van der Waals surface area (Å²) >= 11 is 7.36. The van der Waals surface area contributed by atoms with Gasteiger partial charge in [0.1, 0.15) is 5.75 Å². The number of thiazole rings is 1. The molecule has 0 bridgehead atoms. The molecular formula is C24H21ClN2O4S. The number of allylic oxidation sites excluding steroid dienone is 1. The first kappa shape index (κ1) is 22.0. The fourth-order valence-corrected chi connectivity index (χ4v) is 4.78. The molecule has 0 fully saturated rings. The van der Waals surface area contributed by atoms with Crippen LogP contribution in [0.4, 0.5) is 0 Å². The lowest BCUT2D eigenvalue weighted by Gasteiger charge is -2.24. The van der Waals surface area contributed by atoms with Crippen molar-refractivity contribution in [3.05, 3.63) is 95.6 Å². The van der Waals surface area contributed by atoms with Gasteiger partial charge in [-0.1, -0.05) is 47.2 Å². The van der Waals surface area contributed by atoms with Crippen LogP contribution >= 0.6 is 22.9 Å². The SMILES string of the molecule is CCOC(=O)C1=C(C)N=c2s/c(=C/c3ccc(OC)cc3)c(=O)n2C1c1ccc(Cl)cc1. The maximum Gasteiger partial charge on any atom is 0.338 e. The molecule has 1 atom stereocenters. The van der Waals surface area contributed by atoms with Crippen LogP contribution in [0.3, 0.4) is 0 Å². The lowest BCUT2D eigenvalue weighted by molar-refractivity contribution is -0.139. The van der Waals surface area contributed by atoms with Crippen LogP contribution in [0.25, 0.3) is 6.08 Å². The van der Waals surface area contributed by atoms with Crippen molar-refractivity contribution >= 4 is 35.0 Å². The van der Waals surface area contributed by atoms with E-state index in [1.54, 1.807) is 37.7 Å². The molecule has 0 radical (unpaired) electrons. The number of fused-ring (bicyclic) bond motifs is 1. The number of methoxy groups -OCH3 is 1. The van der Waals surface area contributed by atoms with Gasteiger partial charge in [0.2, 0.25) is 0 Å². The van der Waals surface area contributed by atoms with Gasteiger partial charge in [0.15, 0.2) is 4.80 Å². The van der Waals surface area contributed by atoms with Gasteiger partial charge in [0, 0.05) is 5.02 Å². The minimum Gasteiger partial charge on any atom is -0.497 e. The van der Waals surface area contributed by atoms with Crippen molar-refractivity contribution in [2.45, 2.75) is 19.9 Å². The highest BCUT2D eigenvalue weighted by Gasteiger charge is 2.33. The number of ether oxygens (including phenoxy) is 2. The molecule has 4 rings (SSSR count). The number of carbonyl (C=O) groups excluding carboxylic acids is 1. The number of esters is 1. The number of rotatable bonds is 5. The molecule has 0 saturated carbocycles. The van der Waals surface area contributed by atoms with Crippen molar-refractivity contribution in [1.29, 1.82) is 0 Å². The second kappa shape index (κ2) is 9.14. The summed E-state index contributed by atoms with van der Waals surface area (Å²) in [6.07, 6.45) is 1.81. The Kier molecular flexibility index (Phi) is 6.30. The van der Waals surface area contributed by atoms with Crippen molar-refractivity contribution in [1.82, 2.24) is 4.57 Å². The fourth-order valence-electron chi connectivity index (χ4n) is 3.60. The van der Waals surface area contributed by atoms with Crippen molar-refractivity contribution in [3.8, 4) is 5.75 Å².